The number of imidazole rings is 1. The zero-order chi connectivity index (χ0) is 26.2. The lowest BCUT2D eigenvalue weighted by atomic mass is 10.0. The lowest BCUT2D eigenvalue weighted by molar-refractivity contribution is 0.0617. The molecular weight excluding hydrogens is 480 g/mol. The maximum Gasteiger partial charge on any atom is 0.261 e. The molecular formula is C29H32N6O3. The molecule has 0 bridgehead atoms. The smallest absolute Gasteiger partial charge is 0.261 e. The summed E-state index contributed by atoms with van der Waals surface area (Å²) in [7, 11) is 2.12. The maximum atomic E-state index is 13.3. The number of carbonyl (C=O) groups is 1. The van der Waals surface area contributed by atoms with Gasteiger partial charge in [-0.2, -0.15) is 0 Å². The van der Waals surface area contributed by atoms with Crippen LogP contribution in [0.15, 0.2) is 59.5 Å². The van der Waals surface area contributed by atoms with Crippen LogP contribution in [0.25, 0.3) is 22.4 Å². The largest absolute Gasteiger partial charge is 0.394 e. The SMILES string of the molecule is CN1CCC(N2Cc3cc4[nH]c(-c5c(N[C@@H](CO)Cc6ccccc6)cc[nH]c5=O)nc4cc3C2=O)CC1. The van der Waals surface area contributed by atoms with Crippen LogP contribution in [0.1, 0.15) is 34.3 Å². The topological polar surface area (TPSA) is 117 Å². The van der Waals surface area contributed by atoms with Gasteiger partial charge in [-0.3, -0.25) is 9.59 Å². The molecule has 0 radical (unpaired) electrons. The van der Waals surface area contributed by atoms with Gasteiger partial charge in [0, 0.05) is 24.3 Å². The van der Waals surface area contributed by atoms with E-state index in [1.165, 1.54) is 0 Å². The Morgan fingerprint density at radius 3 is 2.68 bits per heavy atom. The molecule has 0 spiro atoms. The van der Waals surface area contributed by atoms with E-state index in [-0.39, 0.29) is 30.2 Å². The van der Waals surface area contributed by atoms with Crippen LogP contribution in [0, 0.1) is 0 Å². The van der Waals surface area contributed by atoms with Crippen molar-refractivity contribution in [2.45, 2.75) is 37.9 Å². The van der Waals surface area contributed by atoms with Crippen LogP contribution in [0.3, 0.4) is 0 Å². The van der Waals surface area contributed by atoms with E-state index in [0.717, 1.165) is 42.6 Å². The number of aliphatic hydroxyl groups is 1. The Labute approximate surface area is 220 Å². The van der Waals surface area contributed by atoms with Crippen molar-refractivity contribution < 1.29 is 9.90 Å². The Morgan fingerprint density at radius 1 is 1.13 bits per heavy atom. The lowest BCUT2D eigenvalue weighted by Gasteiger charge is -2.34. The molecule has 0 unspecified atom stereocenters. The number of carbonyl (C=O) groups excluding carboxylic acids is 1. The summed E-state index contributed by atoms with van der Waals surface area (Å²) < 4.78 is 0. The number of piperidine rings is 1. The van der Waals surface area contributed by atoms with Gasteiger partial charge in [0.15, 0.2) is 0 Å². The van der Waals surface area contributed by atoms with Gasteiger partial charge in [0.1, 0.15) is 11.4 Å². The Hall–Kier alpha value is -3.95. The molecule has 196 valence electrons. The summed E-state index contributed by atoms with van der Waals surface area (Å²) in [6.45, 7) is 2.51. The number of hydrogen-bond donors (Lipinski definition) is 4. The Balaban J connectivity index is 1.28. The van der Waals surface area contributed by atoms with E-state index in [1.807, 2.05) is 47.4 Å². The number of benzene rings is 2. The number of H-pyrrole nitrogens is 2. The quantitative estimate of drug-likeness (QED) is 0.303. The number of pyridine rings is 1. The van der Waals surface area contributed by atoms with Gasteiger partial charge in [-0.15, -0.1) is 0 Å². The molecule has 1 fully saturated rings. The van der Waals surface area contributed by atoms with E-state index in [2.05, 4.69) is 27.2 Å². The number of likely N-dealkylation sites (tertiary alicyclic amines) is 1. The molecule has 1 saturated heterocycles. The number of fused-ring (bicyclic) bond motifs is 2. The standard InChI is InChI=1S/C29H32N6O3/c1-34-11-8-21(9-12-34)35-16-19-14-24-25(15-22(19)29(35)38)33-27(32-24)26-23(7-10-30-28(26)37)31-20(17-36)13-18-5-3-2-4-6-18/h2-7,10,14-15,20-21,36H,8-9,11-13,16-17H2,1H3,(H,32,33)(H2,30,31,37)/t20-/m1/s1. The Kier molecular flexibility index (Phi) is 6.47. The summed E-state index contributed by atoms with van der Waals surface area (Å²) in [5, 5.41) is 13.4. The number of rotatable bonds is 7. The van der Waals surface area contributed by atoms with Gasteiger partial charge < -0.3 is 30.2 Å². The van der Waals surface area contributed by atoms with Gasteiger partial charge in [-0.1, -0.05) is 30.3 Å². The van der Waals surface area contributed by atoms with Crippen molar-refractivity contribution in [2.75, 3.05) is 32.1 Å². The average Bonchev–Trinajstić information content (AvgIpc) is 3.48. The maximum absolute atomic E-state index is 13.3. The number of aliphatic hydroxyl groups excluding tert-OH is 1. The monoisotopic (exact) mass is 512 g/mol. The molecule has 2 aliphatic heterocycles. The number of anilines is 1. The first kappa shape index (κ1) is 24.4. The molecule has 4 heterocycles. The van der Waals surface area contributed by atoms with Crippen molar-refractivity contribution in [3.05, 3.63) is 81.8 Å². The fourth-order valence-electron chi connectivity index (χ4n) is 5.68. The molecule has 9 nitrogen and oxygen atoms in total. The van der Waals surface area contributed by atoms with E-state index >= 15 is 0 Å². The van der Waals surface area contributed by atoms with E-state index in [9.17, 15) is 14.7 Å². The van der Waals surface area contributed by atoms with Crippen molar-refractivity contribution in [2.24, 2.45) is 0 Å². The molecule has 2 aliphatic rings. The minimum atomic E-state index is -0.289. The minimum absolute atomic E-state index is 0.0626. The summed E-state index contributed by atoms with van der Waals surface area (Å²) >= 11 is 0. The van der Waals surface area contributed by atoms with Crippen molar-refractivity contribution in [1.82, 2.24) is 24.8 Å². The zero-order valence-corrected chi connectivity index (χ0v) is 21.4. The van der Waals surface area contributed by atoms with Gasteiger partial charge in [0.25, 0.3) is 11.5 Å². The Morgan fingerprint density at radius 2 is 1.92 bits per heavy atom. The number of nitrogens with zero attached hydrogens (tertiary/aromatic N) is 3. The van der Waals surface area contributed by atoms with Crippen LogP contribution >= 0.6 is 0 Å². The van der Waals surface area contributed by atoms with Gasteiger partial charge in [-0.05, 0) is 68.7 Å². The molecule has 4 N–H and O–H groups in total. The second kappa shape index (κ2) is 10.1. The summed E-state index contributed by atoms with van der Waals surface area (Å²) in [5.41, 5.74) is 4.86. The molecule has 4 aromatic rings. The van der Waals surface area contributed by atoms with E-state index < -0.39 is 0 Å². The average molecular weight is 513 g/mol. The normalized spacial score (nSPS) is 17.2. The van der Waals surface area contributed by atoms with Crippen LogP contribution < -0.4 is 10.9 Å². The number of hydrogen-bond acceptors (Lipinski definition) is 6. The predicted octanol–water partition coefficient (Wildman–Crippen LogP) is 2.98. The van der Waals surface area contributed by atoms with E-state index in [0.29, 0.717) is 41.1 Å². The zero-order valence-electron chi connectivity index (χ0n) is 21.4. The van der Waals surface area contributed by atoms with Crippen molar-refractivity contribution in [3.63, 3.8) is 0 Å². The molecule has 6 rings (SSSR count). The molecule has 2 aromatic carbocycles. The molecule has 38 heavy (non-hydrogen) atoms. The molecule has 1 amide bonds. The third-order valence-electron chi connectivity index (χ3n) is 7.77. The highest BCUT2D eigenvalue weighted by Crippen LogP contribution is 2.32. The van der Waals surface area contributed by atoms with Gasteiger partial charge in [0.2, 0.25) is 0 Å². The molecule has 2 aromatic heterocycles. The number of aromatic nitrogens is 3. The number of amides is 1. The number of aromatic amines is 2. The molecule has 1 atom stereocenters. The molecule has 9 heteroatoms. The number of nitrogens with one attached hydrogen (secondary N) is 3. The Bertz CT molecular complexity index is 1520. The van der Waals surface area contributed by atoms with E-state index in [1.54, 1.807) is 12.3 Å². The highest BCUT2D eigenvalue weighted by atomic mass is 16.3. The van der Waals surface area contributed by atoms with Gasteiger partial charge in [0.05, 0.1) is 29.4 Å². The third-order valence-corrected chi connectivity index (χ3v) is 7.77. The van der Waals surface area contributed by atoms with Crippen molar-refractivity contribution >= 4 is 22.6 Å². The molecule has 0 aliphatic carbocycles. The van der Waals surface area contributed by atoms with Crippen molar-refractivity contribution in [3.8, 4) is 11.4 Å². The summed E-state index contributed by atoms with van der Waals surface area (Å²) in [5.74, 6) is 0.483. The minimum Gasteiger partial charge on any atom is -0.394 e. The summed E-state index contributed by atoms with van der Waals surface area (Å²) in [6, 6.07) is 15.5. The fourth-order valence-corrected chi connectivity index (χ4v) is 5.68. The van der Waals surface area contributed by atoms with Gasteiger partial charge in [-0.25, -0.2) is 4.98 Å². The summed E-state index contributed by atoms with van der Waals surface area (Å²) in [4.78, 5) is 41.3. The van der Waals surface area contributed by atoms with Crippen LogP contribution in [0.4, 0.5) is 5.69 Å². The van der Waals surface area contributed by atoms with Crippen LogP contribution in [0.2, 0.25) is 0 Å². The second-order valence-corrected chi connectivity index (χ2v) is 10.4. The fraction of sp³-hybridized carbons (Fsp3) is 0.345. The molecule has 0 saturated carbocycles. The van der Waals surface area contributed by atoms with Crippen LogP contribution in [-0.2, 0) is 13.0 Å². The van der Waals surface area contributed by atoms with Gasteiger partial charge >= 0.3 is 0 Å². The first-order valence-corrected chi connectivity index (χ1v) is 13.2. The first-order valence-electron chi connectivity index (χ1n) is 13.2. The highest BCUT2D eigenvalue weighted by molar-refractivity contribution is 6.02. The summed E-state index contributed by atoms with van der Waals surface area (Å²) in [6.07, 6.45) is 4.16. The van der Waals surface area contributed by atoms with Crippen LogP contribution in [-0.4, -0.2) is 74.6 Å². The first-order chi connectivity index (χ1) is 18.5. The van der Waals surface area contributed by atoms with Crippen molar-refractivity contribution in [1.29, 1.82) is 0 Å². The second-order valence-electron chi connectivity index (χ2n) is 10.4. The highest BCUT2D eigenvalue weighted by Gasteiger charge is 2.34. The predicted molar refractivity (Wildman–Crippen MR) is 147 cm³/mol. The lowest BCUT2D eigenvalue weighted by Crippen LogP contribution is -2.43. The van der Waals surface area contributed by atoms with Crippen LogP contribution in [0.5, 0.6) is 0 Å². The van der Waals surface area contributed by atoms with E-state index in [4.69, 9.17) is 4.98 Å². The third kappa shape index (κ3) is 4.59.